The minimum Gasteiger partial charge on any atom is -0.385 e. The molecule has 5 rings (SSSR count). The first kappa shape index (κ1) is 30.2. The van der Waals surface area contributed by atoms with Crippen LogP contribution >= 0.6 is 0 Å². The molecule has 3 heterocycles. The summed E-state index contributed by atoms with van der Waals surface area (Å²) < 4.78 is 32.6. The number of urea groups is 1. The molecule has 1 aromatic rings. The molecule has 2 unspecified atom stereocenters. The molecule has 0 radical (unpaired) electrons. The van der Waals surface area contributed by atoms with Crippen molar-refractivity contribution in [1.82, 2.24) is 20.0 Å². The molecule has 1 aromatic carbocycles. The van der Waals surface area contributed by atoms with E-state index in [4.69, 9.17) is 4.74 Å². The zero-order valence-electron chi connectivity index (χ0n) is 25.0. The van der Waals surface area contributed by atoms with E-state index >= 15 is 0 Å². The number of hydrogen-bond acceptors (Lipinski definition) is 4. The quantitative estimate of drug-likeness (QED) is 0.349. The molecule has 3 saturated heterocycles. The fraction of sp³-hybridized carbons (Fsp3) is 0.750. The number of nitrogens with zero attached hydrogens (tertiary/aromatic N) is 3. The lowest BCUT2D eigenvalue weighted by atomic mass is 9.81. The molecule has 3 amide bonds. The smallest absolute Gasteiger partial charge is 0.320 e. The van der Waals surface area contributed by atoms with Gasteiger partial charge in [0.05, 0.1) is 11.6 Å². The minimum atomic E-state index is -2.64. The third-order valence-corrected chi connectivity index (χ3v) is 10.1. The van der Waals surface area contributed by atoms with Gasteiger partial charge >= 0.3 is 6.03 Å². The standard InChI is InChI=1S/C32H48F2N4O3/c1-23(2)38-30(40)36(17-7-19-41-3)22-31(38)20-26-10-11-27(21-31)37(26)18-14-28(24-8-5-4-6-9-24)35-29(39)25-12-15-32(33,34)16-13-25/h4-6,8-9,23,25-28H,7,10-22H2,1-3H3,(H,35,39)/t26-,27?,28+,31?/m1/s1. The van der Waals surface area contributed by atoms with Gasteiger partial charge in [0.15, 0.2) is 0 Å². The Bertz CT molecular complexity index is 1030. The highest BCUT2D eigenvalue weighted by Crippen LogP contribution is 2.48. The number of amides is 3. The molecule has 4 atom stereocenters. The van der Waals surface area contributed by atoms with Gasteiger partial charge in [-0.1, -0.05) is 30.3 Å². The Balaban J connectivity index is 1.25. The van der Waals surface area contributed by atoms with Gasteiger partial charge in [-0.3, -0.25) is 9.69 Å². The predicted molar refractivity (Wildman–Crippen MR) is 155 cm³/mol. The number of rotatable bonds is 11. The van der Waals surface area contributed by atoms with Crippen LogP contribution in [-0.4, -0.2) is 89.6 Å². The fourth-order valence-corrected chi connectivity index (χ4v) is 8.18. The largest absolute Gasteiger partial charge is 0.385 e. The molecule has 0 aromatic heterocycles. The first-order valence-corrected chi connectivity index (χ1v) is 15.7. The summed E-state index contributed by atoms with van der Waals surface area (Å²) in [6.07, 6.45) is 5.91. The zero-order chi connectivity index (χ0) is 29.2. The second-order valence-corrected chi connectivity index (χ2v) is 13.2. The molecular formula is C32H48F2N4O3. The van der Waals surface area contributed by atoms with E-state index in [9.17, 15) is 18.4 Å². The van der Waals surface area contributed by atoms with E-state index in [1.165, 1.54) is 0 Å². The van der Waals surface area contributed by atoms with Crippen LogP contribution in [0, 0.1) is 5.92 Å². The summed E-state index contributed by atoms with van der Waals surface area (Å²) in [5.74, 6) is -3.09. The third-order valence-electron chi connectivity index (χ3n) is 10.1. The van der Waals surface area contributed by atoms with Gasteiger partial charge in [0.1, 0.15) is 0 Å². The summed E-state index contributed by atoms with van der Waals surface area (Å²) in [6.45, 7) is 7.30. The molecule has 1 N–H and O–H groups in total. The lowest BCUT2D eigenvalue weighted by Gasteiger charge is -2.49. The SMILES string of the molecule is COCCCN1CC2(CC3CC[C@H](C2)N3CC[C@H](NC(=O)C2CCC(F)(F)CC2)c2ccccc2)N(C(C)C)C1=O. The van der Waals surface area contributed by atoms with E-state index < -0.39 is 5.92 Å². The predicted octanol–water partition coefficient (Wildman–Crippen LogP) is 5.61. The number of alkyl halides is 2. The topological polar surface area (TPSA) is 65.1 Å². The highest BCUT2D eigenvalue weighted by molar-refractivity contribution is 5.79. The molecule has 228 valence electrons. The van der Waals surface area contributed by atoms with Gasteiger partial charge in [-0.2, -0.15) is 0 Å². The molecule has 9 heteroatoms. The number of benzene rings is 1. The Hall–Kier alpha value is -2.26. The Morgan fingerprint density at radius 1 is 1.05 bits per heavy atom. The average Bonchev–Trinajstić information content (AvgIpc) is 3.35. The molecule has 3 aliphatic heterocycles. The van der Waals surface area contributed by atoms with Crippen molar-refractivity contribution in [2.75, 3.05) is 33.4 Å². The van der Waals surface area contributed by atoms with Crippen LogP contribution in [0.1, 0.15) is 89.7 Å². The van der Waals surface area contributed by atoms with Crippen molar-refractivity contribution in [2.45, 2.75) is 114 Å². The van der Waals surface area contributed by atoms with Gasteiger partial charge < -0.3 is 19.9 Å². The number of piperidine rings is 1. The van der Waals surface area contributed by atoms with Crippen molar-refractivity contribution in [1.29, 1.82) is 0 Å². The zero-order valence-corrected chi connectivity index (χ0v) is 25.0. The van der Waals surface area contributed by atoms with E-state index in [1.807, 2.05) is 35.2 Å². The summed E-state index contributed by atoms with van der Waals surface area (Å²) in [6, 6.07) is 11.0. The lowest BCUT2D eigenvalue weighted by Crippen LogP contribution is -2.60. The number of carbonyl (C=O) groups excluding carboxylic acids is 2. The first-order valence-electron chi connectivity index (χ1n) is 15.7. The number of ether oxygens (including phenoxy) is 1. The lowest BCUT2D eigenvalue weighted by molar-refractivity contribution is -0.130. The summed E-state index contributed by atoms with van der Waals surface area (Å²) >= 11 is 0. The number of methoxy groups -OCH3 is 1. The maximum absolute atomic E-state index is 13.7. The Labute approximate surface area is 243 Å². The number of halogens is 2. The highest BCUT2D eigenvalue weighted by atomic mass is 19.3. The molecule has 4 aliphatic rings. The molecule has 2 bridgehead atoms. The van der Waals surface area contributed by atoms with Gasteiger partial charge in [0.25, 0.3) is 0 Å². The Morgan fingerprint density at radius 3 is 2.32 bits per heavy atom. The van der Waals surface area contributed by atoms with Crippen molar-refractivity contribution < 1.29 is 23.1 Å². The van der Waals surface area contributed by atoms with Gasteiger partial charge in [-0.25, -0.2) is 13.6 Å². The van der Waals surface area contributed by atoms with Crippen molar-refractivity contribution in [3.63, 3.8) is 0 Å². The Kier molecular flexibility index (Phi) is 9.24. The summed E-state index contributed by atoms with van der Waals surface area (Å²) in [5.41, 5.74) is 0.929. The summed E-state index contributed by atoms with van der Waals surface area (Å²) in [4.78, 5) is 33.5. The first-order chi connectivity index (χ1) is 19.6. The van der Waals surface area contributed by atoms with E-state index in [0.29, 0.717) is 18.7 Å². The van der Waals surface area contributed by atoms with E-state index in [1.54, 1.807) is 7.11 Å². The van der Waals surface area contributed by atoms with Gasteiger partial charge in [0.2, 0.25) is 11.8 Å². The molecule has 1 spiro atoms. The van der Waals surface area contributed by atoms with Crippen LogP contribution in [0.5, 0.6) is 0 Å². The Morgan fingerprint density at radius 2 is 1.71 bits per heavy atom. The maximum Gasteiger partial charge on any atom is 0.320 e. The maximum atomic E-state index is 13.7. The molecular weight excluding hydrogens is 526 g/mol. The van der Waals surface area contributed by atoms with Crippen LogP contribution in [0.3, 0.4) is 0 Å². The van der Waals surface area contributed by atoms with Crippen molar-refractivity contribution in [3.05, 3.63) is 35.9 Å². The number of fused-ring (bicyclic) bond motifs is 2. The second kappa shape index (κ2) is 12.5. The van der Waals surface area contributed by atoms with E-state index in [-0.39, 0.29) is 61.2 Å². The van der Waals surface area contributed by atoms with E-state index in [2.05, 4.69) is 29.0 Å². The minimum absolute atomic E-state index is 0.0967. The second-order valence-electron chi connectivity index (χ2n) is 13.2. The van der Waals surface area contributed by atoms with Gasteiger partial charge in [0, 0.05) is 70.2 Å². The fourth-order valence-electron chi connectivity index (χ4n) is 8.18. The van der Waals surface area contributed by atoms with Gasteiger partial charge in [-0.05, 0) is 70.8 Å². The van der Waals surface area contributed by atoms with Crippen LogP contribution < -0.4 is 5.32 Å². The molecule has 1 aliphatic carbocycles. The van der Waals surface area contributed by atoms with Crippen molar-refractivity contribution in [2.24, 2.45) is 5.92 Å². The molecule has 41 heavy (non-hydrogen) atoms. The number of nitrogens with one attached hydrogen (secondary N) is 1. The average molecular weight is 575 g/mol. The number of hydrogen-bond donors (Lipinski definition) is 1. The molecule has 1 saturated carbocycles. The molecule has 7 nitrogen and oxygen atoms in total. The van der Waals surface area contributed by atoms with E-state index in [0.717, 1.165) is 63.7 Å². The normalized spacial score (nSPS) is 29.1. The van der Waals surface area contributed by atoms with Gasteiger partial charge in [-0.15, -0.1) is 0 Å². The monoisotopic (exact) mass is 574 g/mol. The number of carbonyl (C=O) groups is 2. The van der Waals surface area contributed by atoms with Crippen LogP contribution in [0.4, 0.5) is 13.6 Å². The third kappa shape index (κ3) is 6.56. The highest BCUT2D eigenvalue weighted by Gasteiger charge is 2.57. The van der Waals surface area contributed by atoms with Crippen LogP contribution in [0.2, 0.25) is 0 Å². The van der Waals surface area contributed by atoms with Crippen LogP contribution in [0.15, 0.2) is 30.3 Å². The van der Waals surface area contributed by atoms with Crippen LogP contribution in [-0.2, 0) is 9.53 Å². The summed E-state index contributed by atoms with van der Waals surface area (Å²) in [7, 11) is 1.70. The van der Waals surface area contributed by atoms with Crippen molar-refractivity contribution in [3.8, 4) is 0 Å². The van der Waals surface area contributed by atoms with Crippen molar-refractivity contribution >= 4 is 11.9 Å². The summed E-state index contributed by atoms with van der Waals surface area (Å²) in [5, 5.41) is 3.25. The van der Waals surface area contributed by atoms with Crippen LogP contribution in [0.25, 0.3) is 0 Å². The molecule has 4 fully saturated rings.